The highest BCUT2D eigenvalue weighted by Gasteiger charge is 2.18. The maximum atomic E-state index is 13.2. The Hall–Kier alpha value is -4.77. The number of amides is 2. The van der Waals surface area contributed by atoms with Crippen molar-refractivity contribution >= 4 is 55.5 Å². The minimum atomic E-state index is -0.189. The fourth-order valence-electron chi connectivity index (χ4n) is 4.55. The van der Waals surface area contributed by atoms with Crippen LogP contribution in [0.1, 0.15) is 20.7 Å². The van der Waals surface area contributed by atoms with Crippen molar-refractivity contribution < 1.29 is 9.59 Å². The van der Waals surface area contributed by atoms with E-state index in [0.29, 0.717) is 16.8 Å². The van der Waals surface area contributed by atoms with Gasteiger partial charge >= 0.3 is 0 Å². The number of pyridine rings is 1. The van der Waals surface area contributed by atoms with Crippen molar-refractivity contribution in [3.8, 4) is 0 Å². The van der Waals surface area contributed by atoms with Gasteiger partial charge in [-0.3, -0.25) is 14.6 Å². The molecule has 0 saturated carbocycles. The number of nitrogens with one attached hydrogen (secondary N) is 2. The van der Waals surface area contributed by atoms with Gasteiger partial charge in [0, 0.05) is 34.9 Å². The molecule has 0 saturated heterocycles. The summed E-state index contributed by atoms with van der Waals surface area (Å²) in [4.78, 5) is 30.3. The van der Waals surface area contributed by atoms with Crippen molar-refractivity contribution in [3.05, 3.63) is 115 Å². The van der Waals surface area contributed by atoms with E-state index in [2.05, 4.69) is 15.6 Å². The zero-order valence-corrected chi connectivity index (χ0v) is 18.1. The molecule has 0 radical (unpaired) electrons. The molecule has 0 fully saturated rings. The van der Waals surface area contributed by atoms with Gasteiger partial charge in [0.1, 0.15) is 0 Å². The van der Waals surface area contributed by atoms with Crippen molar-refractivity contribution in [2.45, 2.75) is 0 Å². The van der Waals surface area contributed by atoms with Crippen molar-refractivity contribution in [1.82, 2.24) is 4.98 Å². The summed E-state index contributed by atoms with van der Waals surface area (Å²) in [5.74, 6) is -0.356. The predicted molar refractivity (Wildman–Crippen MR) is 137 cm³/mol. The Labute approximate surface area is 195 Å². The van der Waals surface area contributed by atoms with Gasteiger partial charge in [0.2, 0.25) is 0 Å². The molecule has 34 heavy (non-hydrogen) atoms. The highest BCUT2D eigenvalue weighted by Crippen LogP contribution is 2.37. The van der Waals surface area contributed by atoms with Crippen LogP contribution < -0.4 is 10.6 Å². The van der Waals surface area contributed by atoms with Crippen LogP contribution in [-0.2, 0) is 0 Å². The van der Waals surface area contributed by atoms with Gasteiger partial charge in [-0.05, 0) is 68.7 Å². The number of hydrogen-bond donors (Lipinski definition) is 2. The second kappa shape index (κ2) is 7.98. The Bertz CT molecular complexity index is 1550. The average molecular weight is 441 g/mol. The number of hydrogen-bond acceptors (Lipinski definition) is 3. The molecule has 0 unspecified atom stereocenters. The third-order valence-corrected chi connectivity index (χ3v) is 6.12. The van der Waals surface area contributed by atoms with E-state index >= 15 is 0 Å². The molecule has 2 N–H and O–H groups in total. The number of anilines is 2. The molecular formula is C29H19N3O2. The van der Waals surface area contributed by atoms with Crippen LogP contribution in [0.25, 0.3) is 32.3 Å². The standard InChI is InChI=1S/C29H19N3O2/c33-28(31-20-4-2-1-3-5-20)24-12-8-18-7-11-23-25(29(34)32-21-14-16-30-17-15-21)13-9-19-6-10-22(24)26(18)27(19)23/h1-17H,(H,31,33)(H,30,32,34). The van der Waals surface area contributed by atoms with E-state index in [0.717, 1.165) is 38.0 Å². The first-order valence-corrected chi connectivity index (χ1v) is 11.0. The molecule has 5 heteroatoms. The van der Waals surface area contributed by atoms with Gasteiger partial charge in [-0.2, -0.15) is 0 Å². The van der Waals surface area contributed by atoms with Crippen LogP contribution in [0.2, 0.25) is 0 Å². The largest absolute Gasteiger partial charge is 0.322 e. The van der Waals surface area contributed by atoms with E-state index in [9.17, 15) is 9.59 Å². The van der Waals surface area contributed by atoms with Crippen LogP contribution in [0.5, 0.6) is 0 Å². The van der Waals surface area contributed by atoms with E-state index in [-0.39, 0.29) is 11.8 Å². The zero-order valence-electron chi connectivity index (χ0n) is 18.1. The summed E-state index contributed by atoms with van der Waals surface area (Å²) in [6.45, 7) is 0. The third kappa shape index (κ3) is 3.31. The van der Waals surface area contributed by atoms with Gasteiger partial charge < -0.3 is 10.6 Å². The van der Waals surface area contributed by atoms with Gasteiger partial charge in [-0.1, -0.05) is 54.6 Å². The summed E-state index contributed by atoms with van der Waals surface area (Å²) in [7, 11) is 0. The summed E-state index contributed by atoms with van der Waals surface area (Å²) in [6, 6.07) is 28.5. The lowest BCUT2D eigenvalue weighted by Gasteiger charge is -2.16. The van der Waals surface area contributed by atoms with Crippen LogP contribution in [-0.4, -0.2) is 16.8 Å². The highest BCUT2D eigenvalue weighted by atomic mass is 16.2. The van der Waals surface area contributed by atoms with Crippen LogP contribution >= 0.6 is 0 Å². The highest BCUT2D eigenvalue weighted by molar-refractivity contribution is 6.30. The fourth-order valence-corrected chi connectivity index (χ4v) is 4.55. The molecule has 0 aliphatic heterocycles. The number of nitrogens with zero attached hydrogens (tertiary/aromatic N) is 1. The quantitative estimate of drug-likeness (QED) is 0.308. The minimum absolute atomic E-state index is 0.167. The van der Waals surface area contributed by atoms with Crippen LogP contribution in [0.15, 0.2) is 103 Å². The molecule has 5 nitrogen and oxygen atoms in total. The van der Waals surface area contributed by atoms with Crippen LogP contribution in [0.3, 0.4) is 0 Å². The molecule has 6 rings (SSSR count). The Morgan fingerprint density at radius 3 is 1.53 bits per heavy atom. The molecule has 5 aromatic carbocycles. The summed E-state index contributed by atoms with van der Waals surface area (Å²) in [5, 5.41) is 11.6. The Morgan fingerprint density at radius 2 is 1.00 bits per heavy atom. The second-order valence-corrected chi connectivity index (χ2v) is 8.16. The Kier molecular flexibility index (Phi) is 4.66. The summed E-state index contributed by atoms with van der Waals surface area (Å²) < 4.78 is 0. The monoisotopic (exact) mass is 441 g/mol. The maximum Gasteiger partial charge on any atom is 0.256 e. The first-order chi connectivity index (χ1) is 16.7. The lowest BCUT2D eigenvalue weighted by atomic mass is 9.89. The normalized spacial score (nSPS) is 11.2. The number of para-hydroxylation sites is 1. The maximum absolute atomic E-state index is 13.2. The summed E-state index contributed by atoms with van der Waals surface area (Å²) in [6.07, 6.45) is 3.28. The van der Waals surface area contributed by atoms with E-state index in [1.165, 1.54) is 0 Å². The van der Waals surface area contributed by atoms with E-state index in [1.54, 1.807) is 24.5 Å². The van der Waals surface area contributed by atoms with Crippen molar-refractivity contribution in [2.24, 2.45) is 0 Å². The Morgan fingerprint density at radius 1 is 0.529 bits per heavy atom. The molecule has 1 heterocycles. The predicted octanol–water partition coefficient (Wildman–Crippen LogP) is 6.48. The van der Waals surface area contributed by atoms with Gasteiger partial charge in [0.05, 0.1) is 0 Å². The van der Waals surface area contributed by atoms with Crippen LogP contribution in [0.4, 0.5) is 11.4 Å². The molecule has 0 bridgehead atoms. The molecule has 0 atom stereocenters. The third-order valence-electron chi connectivity index (χ3n) is 6.12. The van der Waals surface area contributed by atoms with Gasteiger partial charge in [0.15, 0.2) is 0 Å². The lowest BCUT2D eigenvalue weighted by Crippen LogP contribution is -2.13. The fraction of sp³-hybridized carbons (Fsp3) is 0. The Balaban J connectivity index is 1.50. The molecule has 0 aliphatic rings. The van der Waals surface area contributed by atoms with Gasteiger partial charge in [-0.25, -0.2) is 0 Å². The number of carbonyl (C=O) groups is 2. The number of carbonyl (C=O) groups excluding carboxylic acids is 2. The van der Waals surface area contributed by atoms with E-state index < -0.39 is 0 Å². The average Bonchev–Trinajstić information content (AvgIpc) is 2.88. The summed E-state index contributed by atoms with van der Waals surface area (Å²) in [5.41, 5.74) is 2.61. The topological polar surface area (TPSA) is 71.1 Å². The minimum Gasteiger partial charge on any atom is -0.322 e. The molecule has 0 aliphatic carbocycles. The molecule has 0 spiro atoms. The van der Waals surface area contributed by atoms with E-state index in [4.69, 9.17) is 0 Å². The first-order valence-electron chi connectivity index (χ1n) is 11.0. The molecule has 1 aromatic heterocycles. The SMILES string of the molecule is O=C(Nc1ccccc1)c1ccc2ccc3c(C(=O)Nc4ccncc4)ccc4ccc1c2c43. The smallest absolute Gasteiger partial charge is 0.256 e. The van der Waals surface area contributed by atoms with Gasteiger partial charge in [-0.15, -0.1) is 0 Å². The van der Waals surface area contributed by atoms with Crippen molar-refractivity contribution in [3.63, 3.8) is 0 Å². The van der Waals surface area contributed by atoms with E-state index in [1.807, 2.05) is 78.9 Å². The number of rotatable bonds is 4. The zero-order chi connectivity index (χ0) is 23.1. The number of benzene rings is 5. The van der Waals surface area contributed by atoms with Gasteiger partial charge in [0.25, 0.3) is 11.8 Å². The molecule has 6 aromatic rings. The van der Waals surface area contributed by atoms with Crippen molar-refractivity contribution in [1.29, 1.82) is 0 Å². The first kappa shape index (κ1) is 19.9. The molecular weight excluding hydrogens is 422 g/mol. The lowest BCUT2D eigenvalue weighted by molar-refractivity contribution is 0.102. The molecule has 162 valence electrons. The number of aromatic nitrogens is 1. The molecule has 2 amide bonds. The summed E-state index contributed by atoms with van der Waals surface area (Å²) >= 11 is 0. The van der Waals surface area contributed by atoms with Crippen molar-refractivity contribution in [2.75, 3.05) is 10.6 Å². The van der Waals surface area contributed by atoms with Crippen LogP contribution in [0, 0.1) is 0 Å². The second-order valence-electron chi connectivity index (χ2n) is 8.16.